The number of thioether (sulfide) groups is 1. The Balaban J connectivity index is 1.24. The maximum Gasteiger partial charge on any atom is 0.224 e. The van der Waals surface area contributed by atoms with Crippen LogP contribution >= 0.6 is 11.8 Å². The van der Waals surface area contributed by atoms with Crippen LogP contribution < -0.4 is 10.2 Å². The molecule has 7 nitrogen and oxygen atoms in total. The van der Waals surface area contributed by atoms with Crippen molar-refractivity contribution in [1.29, 1.82) is 0 Å². The molecule has 8 heteroatoms. The van der Waals surface area contributed by atoms with E-state index in [0.717, 1.165) is 61.6 Å². The Morgan fingerprint density at radius 2 is 2.00 bits per heavy atom. The van der Waals surface area contributed by atoms with Gasteiger partial charge < -0.3 is 14.8 Å². The molecule has 2 aliphatic heterocycles. The molecule has 1 unspecified atom stereocenters. The average molecular weight is 465 g/mol. The Bertz CT molecular complexity index is 1110. The number of nitrogens with zero attached hydrogens (tertiary/aromatic N) is 5. The lowest BCUT2D eigenvalue weighted by Crippen LogP contribution is -2.44. The number of aryl methyl sites for hydroxylation is 2. The number of anilines is 1. The van der Waals surface area contributed by atoms with Crippen LogP contribution in [0.15, 0.2) is 35.5 Å². The third-order valence-electron chi connectivity index (χ3n) is 6.84. The molecule has 1 amide bonds. The molecule has 1 aromatic carbocycles. The van der Waals surface area contributed by atoms with Crippen molar-refractivity contribution >= 4 is 34.7 Å². The summed E-state index contributed by atoms with van der Waals surface area (Å²) in [5.74, 6) is 2.13. The maximum absolute atomic E-state index is 12.9. The monoisotopic (exact) mass is 464 g/mol. The minimum Gasteiger partial charge on any atom is -0.355 e. The molecule has 1 atom stereocenters. The number of rotatable bonds is 6. The molecule has 0 bridgehead atoms. The summed E-state index contributed by atoms with van der Waals surface area (Å²) in [6.45, 7) is 3.23. The number of amides is 1. The molecule has 5 rings (SSSR count). The Kier molecular flexibility index (Phi) is 6.80. The molecule has 1 saturated heterocycles. The molecule has 1 N–H and O–H groups in total. The molecule has 174 valence electrons. The SMILES string of the molecule is CSc1ccc(CCNC(=O)C2CCCN(c3ncnc4c3nc3n4CCCCC3)C2)cc1. The predicted octanol–water partition coefficient (Wildman–Crippen LogP) is 3.85. The highest BCUT2D eigenvalue weighted by Gasteiger charge is 2.28. The van der Waals surface area contributed by atoms with Crippen LogP contribution in [-0.2, 0) is 24.2 Å². The van der Waals surface area contributed by atoms with Crippen molar-refractivity contribution in [1.82, 2.24) is 24.8 Å². The Hall–Kier alpha value is -2.61. The van der Waals surface area contributed by atoms with Gasteiger partial charge in [0.05, 0.1) is 5.92 Å². The molecular weight excluding hydrogens is 432 g/mol. The number of hydrogen-bond acceptors (Lipinski definition) is 6. The van der Waals surface area contributed by atoms with Gasteiger partial charge in [0.2, 0.25) is 5.91 Å². The summed E-state index contributed by atoms with van der Waals surface area (Å²) in [5, 5.41) is 3.16. The first kappa shape index (κ1) is 22.2. The first-order chi connectivity index (χ1) is 16.2. The fraction of sp³-hybridized carbons (Fsp3) is 0.520. The zero-order valence-corrected chi connectivity index (χ0v) is 20.1. The number of benzene rings is 1. The van der Waals surface area contributed by atoms with Crippen LogP contribution in [0, 0.1) is 5.92 Å². The van der Waals surface area contributed by atoms with E-state index < -0.39 is 0 Å². The molecule has 0 aliphatic carbocycles. The highest BCUT2D eigenvalue weighted by Crippen LogP contribution is 2.29. The lowest BCUT2D eigenvalue weighted by molar-refractivity contribution is -0.125. The van der Waals surface area contributed by atoms with Gasteiger partial charge in [0.15, 0.2) is 17.0 Å². The van der Waals surface area contributed by atoms with Gasteiger partial charge in [0.1, 0.15) is 12.2 Å². The standard InChI is InChI=1S/C25H32N6OS/c1-33-20-10-8-18(9-11-20)12-13-26-25(32)19-6-5-14-30(16-19)23-22-24(28-17-27-23)31-15-4-2-3-7-21(31)29-22/h8-11,17,19H,2-7,12-16H2,1H3,(H,26,32). The second-order valence-electron chi connectivity index (χ2n) is 9.03. The van der Waals surface area contributed by atoms with Crippen LogP contribution in [0.1, 0.15) is 43.5 Å². The van der Waals surface area contributed by atoms with Crippen molar-refractivity contribution in [2.75, 3.05) is 30.8 Å². The Morgan fingerprint density at radius 1 is 1.12 bits per heavy atom. The Morgan fingerprint density at radius 3 is 2.85 bits per heavy atom. The largest absolute Gasteiger partial charge is 0.355 e. The summed E-state index contributed by atoms with van der Waals surface area (Å²) in [7, 11) is 0. The van der Waals surface area contributed by atoms with Gasteiger partial charge in [-0.15, -0.1) is 11.8 Å². The van der Waals surface area contributed by atoms with Gasteiger partial charge in [-0.2, -0.15) is 0 Å². The highest BCUT2D eigenvalue weighted by molar-refractivity contribution is 7.98. The minimum atomic E-state index is -0.0249. The van der Waals surface area contributed by atoms with Crippen molar-refractivity contribution in [3.63, 3.8) is 0 Å². The first-order valence-corrected chi connectivity index (χ1v) is 13.3. The Labute approximate surface area is 199 Å². The first-order valence-electron chi connectivity index (χ1n) is 12.1. The minimum absolute atomic E-state index is 0.0249. The number of carbonyl (C=O) groups is 1. The van der Waals surface area contributed by atoms with Crippen LogP contribution in [0.5, 0.6) is 0 Å². The average Bonchev–Trinajstić information content (AvgIpc) is 3.05. The van der Waals surface area contributed by atoms with E-state index >= 15 is 0 Å². The van der Waals surface area contributed by atoms with Gasteiger partial charge in [-0.1, -0.05) is 18.6 Å². The number of hydrogen-bond donors (Lipinski definition) is 1. The smallest absolute Gasteiger partial charge is 0.224 e. The van der Waals surface area contributed by atoms with Crippen LogP contribution in [0.2, 0.25) is 0 Å². The van der Waals surface area contributed by atoms with Crippen molar-refractivity contribution in [3.8, 4) is 0 Å². The maximum atomic E-state index is 12.9. The van der Waals surface area contributed by atoms with Crippen molar-refractivity contribution in [2.24, 2.45) is 5.92 Å². The molecule has 33 heavy (non-hydrogen) atoms. The molecule has 0 spiro atoms. The molecule has 0 saturated carbocycles. The van der Waals surface area contributed by atoms with Crippen LogP contribution in [0.3, 0.4) is 0 Å². The lowest BCUT2D eigenvalue weighted by atomic mass is 9.97. The fourth-order valence-electron chi connectivity index (χ4n) is 5.01. The van der Waals surface area contributed by atoms with E-state index in [2.05, 4.69) is 55.3 Å². The number of aromatic nitrogens is 4. The zero-order chi connectivity index (χ0) is 22.6. The molecular formula is C25H32N6OS. The van der Waals surface area contributed by atoms with Crippen LogP contribution in [-0.4, -0.2) is 51.3 Å². The third kappa shape index (κ3) is 4.86. The van der Waals surface area contributed by atoms with Gasteiger partial charge in [-0.3, -0.25) is 4.79 Å². The summed E-state index contributed by atoms with van der Waals surface area (Å²) in [4.78, 5) is 30.6. The van der Waals surface area contributed by atoms with Crippen molar-refractivity contribution < 1.29 is 4.79 Å². The molecule has 2 aromatic heterocycles. The summed E-state index contributed by atoms with van der Waals surface area (Å²) >= 11 is 1.74. The van der Waals surface area contributed by atoms with Crippen LogP contribution in [0.25, 0.3) is 11.2 Å². The topological polar surface area (TPSA) is 75.9 Å². The number of fused-ring (bicyclic) bond motifs is 3. The normalized spacial score (nSPS) is 18.7. The summed E-state index contributed by atoms with van der Waals surface area (Å²) < 4.78 is 2.27. The summed E-state index contributed by atoms with van der Waals surface area (Å²) in [6.07, 6.45) is 11.1. The van der Waals surface area contributed by atoms with E-state index in [1.807, 2.05) is 0 Å². The van der Waals surface area contributed by atoms with Gasteiger partial charge in [-0.25, -0.2) is 15.0 Å². The highest BCUT2D eigenvalue weighted by atomic mass is 32.2. The molecule has 1 fully saturated rings. The lowest BCUT2D eigenvalue weighted by Gasteiger charge is -2.32. The molecule has 2 aliphatic rings. The fourth-order valence-corrected chi connectivity index (χ4v) is 5.42. The summed E-state index contributed by atoms with van der Waals surface area (Å²) in [6, 6.07) is 8.57. The van der Waals surface area contributed by atoms with E-state index in [0.29, 0.717) is 13.1 Å². The third-order valence-corrected chi connectivity index (χ3v) is 7.58. The van der Waals surface area contributed by atoms with E-state index in [9.17, 15) is 4.79 Å². The molecule has 3 aromatic rings. The molecule has 0 radical (unpaired) electrons. The second kappa shape index (κ2) is 10.1. The van der Waals surface area contributed by atoms with E-state index in [-0.39, 0.29) is 11.8 Å². The number of piperidine rings is 1. The summed E-state index contributed by atoms with van der Waals surface area (Å²) in [5.41, 5.74) is 3.08. The van der Waals surface area contributed by atoms with Gasteiger partial charge in [0.25, 0.3) is 0 Å². The van der Waals surface area contributed by atoms with E-state index in [1.54, 1.807) is 18.1 Å². The van der Waals surface area contributed by atoms with Crippen molar-refractivity contribution in [2.45, 2.75) is 56.4 Å². The van der Waals surface area contributed by atoms with Gasteiger partial charge >= 0.3 is 0 Å². The quantitative estimate of drug-likeness (QED) is 0.559. The van der Waals surface area contributed by atoms with Gasteiger partial charge in [-0.05, 0) is 56.1 Å². The van der Waals surface area contributed by atoms with Gasteiger partial charge in [0, 0.05) is 37.5 Å². The second-order valence-corrected chi connectivity index (χ2v) is 9.91. The van der Waals surface area contributed by atoms with Crippen LogP contribution in [0.4, 0.5) is 5.82 Å². The van der Waals surface area contributed by atoms with E-state index in [1.165, 1.54) is 29.7 Å². The molecule has 4 heterocycles. The predicted molar refractivity (Wildman–Crippen MR) is 133 cm³/mol. The number of imidazole rings is 1. The van der Waals surface area contributed by atoms with E-state index in [4.69, 9.17) is 4.98 Å². The van der Waals surface area contributed by atoms with Crippen molar-refractivity contribution in [3.05, 3.63) is 42.0 Å². The number of nitrogens with one attached hydrogen (secondary N) is 1. The number of carbonyl (C=O) groups excluding carboxylic acids is 1. The zero-order valence-electron chi connectivity index (χ0n) is 19.3.